The Labute approximate surface area is 143 Å². The van der Waals surface area contributed by atoms with Gasteiger partial charge in [-0.25, -0.2) is 4.39 Å². The fourth-order valence-electron chi connectivity index (χ4n) is 2.66. The largest absolute Gasteiger partial charge is 0.493 e. The van der Waals surface area contributed by atoms with Crippen LogP contribution < -0.4 is 9.47 Å². The number of carbonyl (C=O) groups excluding carboxylic acids is 1. The Balaban J connectivity index is 1.89. The molecule has 1 unspecified atom stereocenters. The number of rotatable bonds is 4. The van der Waals surface area contributed by atoms with E-state index >= 15 is 0 Å². The molecule has 1 saturated heterocycles. The molecule has 0 spiro atoms. The number of ether oxygens (including phenoxy) is 2. The molecule has 1 atom stereocenters. The molecular formula is C17H17FN2O3S. The van der Waals surface area contributed by atoms with Crippen LogP contribution in [-0.2, 0) is 0 Å². The fourth-order valence-corrected chi connectivity index (χ4v) is 3.90. The van der Waals surface area contributed by atoms with Gasteiger partial charge in [0, 0.05) is 18.5 Å². The van der Waals surface area contributed by atoms with Crippen molar-refractivity contribution in [3.05, 3.63) is 53.6 Å². The lowest BCUT2D eigenvalue weighted by Gasteiger charge is -2.24. The highest BCUT2D eigenvalue weighted by molar-refractivity contribution is 7.99. The number of halogens is 1. The maximum absolute atomic E-state index is 13.3. The molecule has 0 bridgehead atoms. The molecule has 1 aliphatic heterocycles. The summed E-state index contributed by atoms with van der Waals surface area (Å²) in [6.45, 7) is 0.596. The number of hydrogen-bond donors (Lipinski definition) is 0. The third kappa shape index (κ3) is 3.17. The Kier molecular flexibility index (Phi) is 4.89. The van der Waals surface area contributed by atoms with E-state index in [4.69, 9.17) is 9.47 Å². The van der Waals surface area contributed by atoms with Crippen molar-refractivity contribution in [1.29, 1.82) is 0 Å². The zero-order chi connectivity index (χ0) is 17.1. The number of nitrogens with zero attached hydrogens (tertiary/aromatic N) is 2. The normalized spacial score (nSPS) is 17.0. The lowest BCUT2D eigenvalue weighted by Crippen LogP contribution is -2.30. The molecule has 3 rings (SSSR count). The summed E-state index contributed by atoms with van der Waals surface area (Å²) in [5, 5.41) is -0.152. The number of methoxy groups -OCH3 is 2. The van der Waals surface area contributed by atoms with Crippen molar-refractivity contribution in [2.45, 2.75) is 5.37 Å². The van der Waals surface area contributed by atoms with Gasteiger partial charge in [0.2, 0.25) is 0 Å². The smallest absolute Gasteiger partial charge is 0.256 e. The molecule has 24 heavy (non-hydrogen) atoms. The third-order valence-corrected chi connectivity index (χ3v) is 5.06. The average molecular weight is 348 g/mol. The summed E-state index contributed by atoms with van der Waals surface area (Å²) in [7, 11) is 3.15. The minimum absolute atomic E-state index is 0.152. The third-order valence-electron chi connectivity index (χ3n) is 3.80. The maximum Gasteiger partial charge on any atom is 0.256 e. The Hall–Kier alpha value is -2.28. The van der Waals surface area contributed by atoms with Gasteiger partial charge in [0.05, 0.1) is 26.0 Å². The van der Waals surface area contributed by atoms with Crippen molar-refractivity contribution in [2.24, 2.45) is 0 Å². The first-order valence-electron chi connectivity index (χ1n) is 7.39. The molecule has 1 aromatic heterocycles. The minimum atomic E-state index is -0.518. The van der Waals surface area contributed by atoms with E-state index in [1.807, 2.05) is 18.2 Å². The summed E-state index contributed by atoms with van der Waals surface area (Å²) in [6, 6.07) is 6.81. The number of thioether (sulfide) groups is 1. The standard InChI is InChI=1S/C17H17FN2O3S/c1-22-14-4-3-11(8-15(14)23-2)17-20(5-6-24-17)16(21)12-7-13(18)10-19-9-12/h3-4,7-10,17H,5-6H2,1-2H3. The Morgan fingerprint density at radius 2 is 2.04 bits per heavy atom. The predicted octanol–water partition coefficient (Wildman–Crippen LogP) is 3.13. The number of benzene rings is 1. The van der Waals surface area contributed by atoms with Crippen LogP contribution in [0.3, 0.4) is 0 Å². The minimum Gasteiger partial charge on any atom is -0.493 e. The summed E-state index contributed by atoms with van der Waals surface area (Å²) in [6.07, 6.45) is 2.47. The number of carbonyl (C=O) groups is 1. The van der Waals surface area contributed by atoms with Crippen LogP contribution in [0.4, 0.5) is 4.39 Å². The summed E-state index contributed by atoms with van der Waals surface area (Å²) in [5.41, 5.74) is 1.19. The van der Waals surface area contributed by atoms with E-state index in [-0.39, 0.29) is 16.8 Å². The van der Waals surface area contributed by atoms with Gasteiger partial charge in [-0.2, -0.15) is 0 Å². The van der Waals surface area contributed by atoms with Gasteiger partial charge in [-0.1, -0.05) is 6.07 Å². The van der Waals surface area contributed by atoms with Crippen LogP contribution in [-0.4, -0.2) is 42.3 Å². The van der Waals surface area contributed by atoms with Crippen LogP contribution in [0.25, 0.3) is 0 Å². The van der Waals surface area contributed by atoms with E-state index in [1.54, 1.807) is 30.9 Å². The van der Waals surface area contributed by atoms with E-state index < -0.39 is 5.82 Å². The first-order valence-corrected chi connectivity index (χ1v) is 8.44. The lowest BCUT2D eigenvalue weighted by molar-refractivity contribution is 0.0759. The maximum atomic E-state index is 13.3. The molecule has 0 N–H and O–H groups in total. The van der Waals surface area contributed by atoms with Gasteiger partial charge in [0.25, 0.3) is 5.91 Å². The molecule has 1 aromatic carbocycles. The first-order chi connectivity index (χ1) is 11.6. The van der Waals surface area contributed by atoms with Gasteiger partial charge in [0.15, 0.2) is 11.5 Å². The van der Waals surface area contributed by atoms with Gasteiger partial charge in [-0.3, -0.25) is 9.78 Å². The Morgan fingerprint density at radius 1 is 1.25 bits per heavy atom. The molecule has 0 radical (unpaired) electrons. The molecule has 2 heterocycles. The highest BCUT2D eigenvalue weighted by Crippen LogP contribution is 2.41. The van der Waals surface area contributed by atoms with Gasteiger partial charge in [-0.15, -0.1) is 11.8 Å². The van der Waals surface area contributed by atoms with Crippen LogP contribution in [0.2, 0.25) is 0 Å². The van der Waals surface area contributed by atoms with E-state index in [1.165, 1.54) is 12.3 Å². The monoisotopic (exact) mass is 348 g/mol. The SMILES string of the molecule is COc1ccc(C2SCCN2C(=O)c2cncc(F)c2)cc1OC. The molecule has 0 aliphatic carbocycles. The van der Waals surface area contributed by atoms with Crippen LogP contribution in [0.15, 0.2) is 36.7 Å². The summed E-state index contributed by atoms with van der Waals surface area (Å²) < 4.78 is 23.9. The molecule has 7 heteroatoms. The van der Waals surface area contributed by atoms with Crippen LogP contribution in [0.1, 0.15) is 21.3 Å². The molecule has 1 amide bonds. The predicted molar refractivity (Wildman–Crippen MR) is 90.0 cm³/mol. The highest BCUT2D eigenvalue weighted by atomic mass is 32.2. The number of aromatic nitrogens is 1. The number of pyridine rings is 1. The zero-order valence-electron chi connectivity index (χ0n) is 13.4. The summed E-state index contributed by atoms with van der Waals surface area (Å²) >= 11 is 1.66. The van der Waals surface area contributed by atoms with Gasteiger partial charge in [-0.05, 0) is 23.8 Å². The second-order valence-electron chi connectivity index (χ2n) is 5.23. The number of amides is 1. The quantitative estimate of drug-likeness (QED) is 0.850. The molecule has 1 fully saturated rings. The van der Waals surface area contributed by atoms with Crippen molar-refractivity contribution in [2.75, 3.05) is 26.5 Å². The van der Waals surface area contributed by atoms with E-state index in [9.17, 15) is 9.18 Å². The second kappa shape index (κ2) is 7.09. The molecule has 0 saturated carbocycles. The molecule has 2 aromatic rings. The number of hydrogen-bond acceptors (Lipinski definition) is 5. The van der Waals surface area contributed by atoms with Gasteiger partial charge >= 0.3 is 0 Å². The van der Waals surface area contributed by atoms with Gasteiger partial charge < -0.3 is 14.4 Å². The van der Waals surface area contributed by atoms with Gasteiger partial charge in [0.1, 0.15) is 11.2 Å². The van der Waals surface area contributed by atoms with Crippen molar-refractivity contribution < 1.29 is 18.7 Å². The van der Waals surface area contributed by atoms with Crippen molar-refractivity contribution in [1.82, 2.24) is 9.88 Å². The van der Waals surface area contributed by atoms with E-state index in [0.717, 1.165) is 17.5 Å². The van der Waals surface area contributed by atoms with Crippen molar-refractivity contribution in [3.63, 3.8) is 0 Å². The lowest BCUT2D eigenvalue weighted by atomic mass is 10.1. The summed E-state index contributed by atoms with van der Waals surface area (Å²) in [5.74, 6) is 1.31. The summed E-state index contributed by atoms with van der Waals surface area (Å²) in [4.78, 5) is 18.2. The van der Waals surface area contributed by atoms with E-state index in [0.29, 0.717) is 18.0 Å². The van der Waals surface area contributed by atoms with Crippen molar-refractivity contribution in [3.8, 4) is 11.5 Å². The molecular weight excluding hydrogens is 331 g/mol. The van der Waals surface area contributed by atoms with Crippen LogP contribution in [0, 0.1) is 5.82 Å². The Bertz CT molecular complexity index is 756. The van der Waals surface area contributed by atoms with E-state index in [2.05, 4.69) is 4.98 Å². The Morgan fingerprint density at radius 3 is 2.75 bits per heavy atom. The van der Waals surface area contributed by atoms with Crippen molar-refractivity contribution >= 4 is 17.7 Å². The van der Waals surface area contributed by atoms with Crippen LogP contribution in [0.5, 0.6) is 11.5 Å². The molecule has 126 valence electrons. The fraction of sp³-hybridized carbons (Fsp3) is 0.294. The zero-order valence-corrected chi connectivity index (χ0v) is 14.2. The second-order valence-corrected chi connectivity index (χ2v) is 6.42. The van der Waals surface area contributed by atoms with Crippen LogP contribution >= 0.6 is 11.8 Å². The highest BCUT2D eigenvalue weighted by Gasteiger charge is 2.32. The average Bonchev–Trinajstić information content (AvgIpc) is 3.10. The first kappa shape index (κ1) is 16.6. The molecule has 5 nitrogen and oxygen atoms in total. The topological polar surface area (TPSA) is 51.7 Å². The molecule has 1 aliphatic rings.